The van der Waals surface area contributed by atoms with Gasteiger partial charge in [0.15, 0.2) is 0 Å². The van der Waals surface area contributed by atoms with E-state index in [0.29, 0.717) is 0 Å². The molecule has 0 aromatic carbocycles. The van der Waals surface area contributed by atoms with Gasteiger partial charge in [-0.1, -0.05) is 29.3 Å². The van der Waals surface area contributed by atoms with Gasteiger partial charge in [-0.3, -0.25) is 0 Å². The summed E-state index contributed by atoms with van der Waals surface area (Å²) in [7, 11) is 1.76. The number of alkyl halides is 1. The number of halogens is 1. The van der Waals surface area contributed by atoms with Crippen molar-refractivity contribution in [2.24, 2.45) is 5.92 Å². The molecule has 0 heterocycles. The van der Waals surface area contributed by atoms with Gasteiger partial charge in [-0.05, 0) is 23.8 Å². The van der Waals surface area contributed by atoms with Crippen LogP contribution in [0.3, 0.4) is 0 Å². The molecule has 0 aliphatic heterocycles. The zero-order chi connectivity index (χ0) is 9.23. The molecule has 1 atom stereocenters. The van der Waals surface area contributed by atoms with Crippen molar-refractivity contribution in [3.63, 3.8) is 0 Å². The average molecular weight is 255 g/mol. The van der Waals surface area contributed by atoms with E-state index in [1.807, 2.05) is 11.8 Å². The fourth-order valence-electron chi connectivity index (χ4n) is 0.827. The predicted molar refractivity (Wildman–Crippen MR) is 61.4 cm³/mol. The summed E-state index contributed by atoms with van der Waals surface area (Å²) in [5.41, 5.74) is 0. The average Bonchev–Trinajstić information content (AvgIpc) is 2.11. The zero-order valence-corrected chi connectivity index (χ0v) is 10.4. The van der Waals surface area contributed by atoms with Gasteiger partial charge in [-0.2, -0.15) is 11.8 Å². The number of hydrogen-bond donors (Lipinski definition) is 0. The molecular formula is C9H19BrOS. The second kappa shape index (κ2) is 9.87. The van der Waals surface area contributed by atoms with E-state index in [4.69, 9.17) is 4.74 Å². The standard InChI is InChI=1S/C9H19BrOS/c1-3-9(7-10)8-12-6-4-5-11-2/h9H,3-8H2,1-2H3. The van der Waals surface area contributed by atoms with E-state index in [-0.39, 0.29) is 0 Å². The molecule has 0 N–H and O–H groups in total. The zero-order valence-electron chi connectivity index (χ0n) is 8.01. The van der Waals surface area contributed by atoms with Gasteiger partial charge in [0.1, 0.15) is 0 Å². The van der Waals surface area contributed by atoms with Crippen molar-refractivity contribution in [3.8, 4) is 0 Å². The van der Waals surface area contributed by atoms with Crippen LogP contribution in [0.1, 0.15) is 19.8 Å². The van der Waals surface area contributed by atoms with Crippen LogP contribution in [-0.4, -0.2) is 30.6 Å². The predicted octanol–water partition coefficient (Wildman–Crippen LogP) is 3.18. The van der Waals surface area contributed by atoms with Crippen LogP contribution in [-0.2, 0) is 4.74 Å². The van der Waals surface area contributed by atoms with Crippen molar-refractivity contribution in [2.75, 3.05) is 30.6 Å². The molecule has 74 valence electrons. The largest absolute Gasteiger partial charge is 0.385 e. The molecule has 0 radical (unpaired) electrons. The molecule has 0 saturated heterocycles. The topological polar surface area (TPSA) is 9.23 Å². The van der Waals surface area contributed by atoms with Crippen molar-refractivity contribution < 1.29 is 4.74 Å². The minimum Gasteiger partial charge on any atom is -0.385 e. The first kappa shape index (κ1) is 12.8. The van der Waals surface area contributed by atoms with E-state index in [2.05, 4.69) is 22.9 Å². The summed E-state index contributed by atoms with van der Waals surface area (Å²) in [5, 5.41) is 1.14. The van der Waals surface area contributed by atoms with Crippen molar-refractivity contribution in [2.45, 2.75) is 19.8 Å². The number of hydrogen-bond acceptors (Lipinski definition) is 2. The van der Waals surface area contributed by atoms with E-state index >= 15 is 0 Å². The van der Waals surface area contributed by atoms with Crippen molar-refractivity contribution >= 4 is 27.7 Å². The van der Waals surface area contributed by atoms with Crippen LogP contribution in [0.25, 0.3) is 0 Å². The lowest BCUT2D eigenvalue weighted by Gasteiger charge is -2.09. The second-order valence-corrected chi connectivity index (χ2v) is 4.65. The van der Waals surface area contributed by atoms with Crippen LogP contribution < -0.4 is 0 Å². The fraction of sp³-hybridized carbons (Fsp3) is 1.00. The van der Waals surface area contributed by atoms with Crippen LogP contribution in [0, 0.1) is 5.92 Å². The number of ether oxygens (including phenoxy) is 1. The molecule has 0 rings (SSSR count). The van der Waals surface area contributed by atoms with Crippen LogP contribution in [0.4, 0.5) is 0 Å². The van der Waals surface area contributed by atoms with Crippen molar-refractivity contribution in [1.82, 2.24) is 0 Å². The smallest absolute Gasteiger partial charge is 0.0470 e. The summed E-state index contributed by atoms with van der Waals surface area (Å²) >= 11 is 5.56. The van der Waals surface area contributed by atoms with Crippen molar-refractivity contribution in [3.05, 3.63) is 0 Å². The van der Waals surface area contributed by atoms with Gasteiger partial charge in [0.05, 0.1) is 0 Å². The number of rotatable bonds is 8. The maximum absolute atomic E-state index is 4.98. The molecule has 12 heavy (non-hydrogen) atoms. The van der Waals surface area contributed by atoms with E-state index in [0.717, 1.165) is 17.9 Å². The molecule has 1 unspecified atom stereocenters. The van der Waals surface area contributed by atoms with E-state index < -0.39 is 0 Å². The normalized spacial score (nSPS) is 13.2. The molecular weight excluding hydrogens is 236 g/mol. The molecule has 1 nitrogen and oxygen atoms in total. The van der Waals surface area contributed by atoms with E-state index in [1.165, 1.54) is 24.3 Å². The fourth-order valence-corrected chi connectivity index (χ4v) is 2.99. The summed E-state index contributed by atoms with van der Waals surface area (Å²) in [4.78, 5) is 0. The van der Waals surface area contributed by atoms with Crippen LogP contribution in [0.15, 0.2) is 0 Å². The molecule has 3 heteroatoms. The second-order valence-electron chi connectivity index (χ2n) is 2.85. The van der Waals surface area contributed by atoms with E-state index in [9.17, 15) is 0 Å². The molecule has 0 saturated carbocycles. The summed E-state index contributed by atoms with van der Waals surface area (Å²) < 4.78 is 4.98. The SMILES string of the molecule is CCC(CBr)CSCCCOC. The van der Waals surface area contributed by atoms with Crippen LogP contribution in [0.5, 0.6) is 0 Å². The highest BCUT2D eigenvalue weighted by Gasteiger charge is 2.03. The van der Waals surface area contributed by atoms with Gasteiger partial charge in [0.2, 0.25) is 0 Å². The molecule has 0 spiro atoms. The Kier molecular flexibility index (Phi) is 10.5. The Morgan fingerprint density at radius 2 is 2.25 bits per heavy atom. The first-order valence-electron chi connectivity index (χ1n) is 4.47. The highest BCUT2D eigenvalue weighted by Crippen LogP contribution is 2.14. The lowest BCUT2D eigenvalue weighted by atomic mass is 10.2. The lowest BCUT2D eigenvalue weighted by Crippen LogP contribution is -2.04. The third kappa shape index (κ3) is 7.44. The Hall–Kier alpha value is 0.790. The monoisotopic (exact) mass is 254 g/mol. The number of methoxy groups -OCH3 is 1. The van der Waals surface area contributed by atoms with Gasteiger partial charge in [0, 0.05) is 19.0 Å². The van der Waals surface area contributed by atoms with Gasteiger partial charge in [0.25, 0.3) is 0 Å². The van der Waals surface area contributed by atoms with Gasteiger partial charge in [-0.15, -0.1) is 0 Å². The number of thioether (sulfide) groups is 1. The lowest BCUT2D eigenvalue weighted by molar-refractivity contribution is 0.200. The van der Waals surface area contributed by atoms with Crippen molar-refractivity contribution in [1.29, 1.82) is 0 Å². The van der Waals surface area contributed by atoms with Gasteiger partial charge < -0.3 is 4.74 Å². The first-order chi connectivity index (χ1) is 5.85. The molecule has 0 aromatic rings. The summed E-state index contributed by atoms with van der Waals surface area (Å²) in [6.45, 7) is 3.15. The molecule has 0 aliphatic carbocycles. The Balaban J connectivity index is 3.06. The van der Waals surface area contributed by atoms with Crippen LogP contribution >= 0.6 is 27.7 Å². The van der Waals surface area contributed by atoms with Crippen LogP contribution in [0.2, 0.25) is 0 Å². The highest BCUT2D eigenvalue weighted by atomic mass is 79.9. The third-order valence-electron chi connectivity index (χ3n) is 1.79. The minimum atomic E-state index is 0.845. The van der Waals surface area contributed by atoms with Gasteiger partial charge >= 0.3 is 0 Å². The summed E-state index contributed by atoms with van der Waals surface area (Å²) in [6, 6.07) is 0. The Labute approximate surface area is 88.8 Å². The molecule has 0 bridgehead atoms. The maximum atomic E-state index is 4.98. The third-order valence-corrected chi connectivity index (χ3v) is 3.99. The molecule has 0 fully saturated rings. The Morgan fingerprint density at radius 1 is 1.50 bits per heavy atom. The summed E-state index contributed by atoms with van der Waals surface area (Å²) in [5.74, 6) is 3.36. The molecule has 0 aliphatic rings. The summed E-state index contributed by atoms with van der Waals surface area (Å²) in [6.07, 6.45) is 2.46. The van der Waals surface area contributed by atoms with E-state index in [1.54, 1.807) is 7.11 Å². The molecule has 0 aromatic heterocycles. The quantitative estimate of drug-likeness (QED) is 0.486. The Bertz CT molecular complexity index is 86.6. The molecule has 0 amide bonds. The van der Waals surface area contributed by atoms with Gasteiger partial charge in [-0.25, -0.2) is 0 Å². The minimum absolute atomic E-state index is 0.845. The Morgan fingerprint density at radius 3 is 2.75 bits per heavy atom. The maximum Gasteiger partial charge on any atom is 0.0470 e. The highest BCUT2D eigenvalue weighted by molar-refractivity contribution is 9.09. The first-order valence-corrected chi connectivity index (χ1v) is 6.75.